The molecule has 4 heterocycles. The fraction of sp³-hybridized carbons (Fsp3) is 0.375. The molecule has 0 radical (unpaired) electrons. The number of pyridine rings is 1. The van der Waals surface area contributed by atoms with Crippen molar-refractivity contribution >= 4 is 42.6 Å². The second-order valence-corrected chi connectivity index (χ2v) is 13.1. The molecule has 46 heavy (non-hydrogen) atoms. The maximum atomic E-state index is 14.0. The molecule has 4 aromatic rings. The predicted octanol–water partition coefficient (Wildman–Crippen LogP) is 5.89. The molecule has 1 aromatic carbocycles. The van der Waals surface area contributed by atoms with Crippen molar-refractivity contribution in [2.24, 2.45) is 10.2 Å². The van der Waals surface area contributed by atoms with Gasteiger partial charge in [-0.2, -0.15) is 10.2 Å². The highest BCUT2D eigenvalue weighted by atomic mass is 32.1. The topological polar surface area (TPSA) is 151 Å². The summed E-state index contributed by atoms with van der Waals surface area (Å²) >= 11 is 1.55. The van der Waals surface area contributed by atoms with E-state index in [1.807, 2.05) is 47.5 Å². The second-order valence-electron chi connectivity index (χ2n) is 12.2. The number of aryl methyl sites for hydroxylation is 1. The lowest BCUT2D eigenvalue weighted by atomic mass is 9.92. The molecule has 1 saturated heterocycles. The molecule has 1 aliphatic rings. The van der Waals surface area contributed by atoms with Crippen LogP contribution in [0.4, 0.5) is 10.6 Å². The first-order chi connectivity index (χ1) is 21.9. The Kier molecular flexibility index (Phi) is 9.28. The van der Waals surface area contributed by atoms with Crippen LogP contribution in [0, 0.1) is 6.92 Å². The van der Waals surface area contributed by atoms with Gasteiger partial charge >= 0.3 is 6.09 Å². The zero-order valence-electron chi connectivity index (χ0n) is 26.6. The summed E-state index contributed by atoms with van der Waals surface area (Å²) in [4.78, 5) is 38.0. The molecule has 1 aliphatic heterocycles. The Balaban J connectivity index is 1.52. The Bertz CT molecular complexity index is 1720. The first kappa shape index (κ1) is 32.4. The van der Waals surface area contributed by atoms with E-state index in [0.29, 0.717) is 18.5 Å². The standard InChI is InChI=1S/C32H37N9O4S/c1-20-19-46-27(35-20)24-14-11-15-40(24)28(42)22-16-23(36-25(17-22)41(33-6)34-7)26-38-39-29(44-26)32(5,18-21-12-9-8-10-13-21)37-30(43)45-31(2,3)4/h8-10,12-13,16-17,19,24H,6-7,11,14-15,18H2,1-5H3,(H,37,43)/t24-,32-/m1/s1. The van der Waals surface area contributed by atoms with Gasteiger partial charge in [-0.15, -0.1) is 26.7 Å². The number of hydrazone groups is 2. The van der Waals surface area contributed by atoms with E-state index in [1.165, 1.54) is 0 Å². The quantitative estimate of drug-likeness (QED) is 0.165. The van der Waals surface area contributed by atoms with Crippen molar-refractivity contribution in [3.8, 4) is 11.6 Å². The first-order valence-corrected chi connectivity index (χ1v) is 15.6. The van der Waals surface area contributed by atoms with Crippen molar-refractivity contribution in [3.05, 3.63) is 75.6 Å². The first-order valence-electron chi connectivity index (χ1n) is 14.8. The number of likely N-dealkylation sites (tertiary alicyclic amines) is 1. The Hall–Kier alpha value is -4.98. The summed E-state index contributed by atoms with van der Waals surface area (Å²) in [5.74, 6) is 0.119. The minimum Gasteiger partial charge on any atom is -0.444 e. The number of alkyl carbamates (subject to hydrolysis) is 1. The predicted molar refractivity (Wildman–Crippen MR) is 176 cm³/mol. The van der Waals surface area contributed by atoms with Crippen LogP contribution >= 0.6 is 11.3 Å². The van der Waals surface area contributed by atoms with Crippen molar-refractivity contribution in [2.75, 3.05) is 11.7 Å². The largest absolute Gasteiger partial charge is 0.444 e. The van der Waals surface area contributed by atoms with E-state index in [2.05, 4.69) is 49.1 Å². The van der Waals surface area contributed by atoms with Crippen LogP contribution < -0.4 is 10.4 Å². The van der Waals surface area contributed by atoms with E-state index in [4.69, 9.17) is 9.15 Å². The molecule has 2 amide bonds. The van der Waals surface area contributed by atoms with E-state index in [1.54, 1.807) is 51.2 Å². The lowest BCUT2D eigenvalue weighted by Crippen LogP contribution is -2.47. The molecule has 13 nitrogen and oxygen atoms in total. The smallest absolute Gasteiger partial charge is 0.408 e. The molecule has 1 fully saturated rings. The number of ether oxygens (including phenoxy) is 1. The van der Waals surface area contributed by atoms with Crippen LogP contribution in [0.3, 0.4) is 0 Å². The Morgan fingerprint density at radius 1 is 1.13 bits per heavy atom. The number of carbonyl (C=O) groups excluding carboxylic acids is 2. The van der Waals surface area contributed by atoms with Crippen LogP contribution in [0.25, 0.3) is 11.6 Å². The number of carbonyl (C=O) groups is 2. The number of anilines is 1. The van der Waals surface area contributed by atoms with Gasteiger partial charge in [-0.25, -0.2) is 14.8 Å². The van der Waals surface area contributed by atoms with Gasteiger partial charge in [0.15, 0.2) is 5.82 Å². The highest BCUT2D eigenvalue weighted by Gasteiger charge is 2.37. The number of thiazole rings is 1. The van der Waals surface area contributed by atoms with Gasteiger partial charge < -0.3 is 19.4 Å². The average Bonchev–Trinajstić information content (AvgIpc) is 3.78. The normalized spacial score (nSPS) is 16.0. The summed E-state index contributed by atoms with van der Waals surface area (Å²) in [5, 5.41) is 23.2. The van der Waals surface area contributed by atoms with Crippen molar-refractivity contribution in [2.45, 2.75) is 71.1 Å². The van der Waals surface area contributed by atoms with Gasteiger partial charge in [0.1, 0.15) is 21.8 Å². The molecule has 0 bridgehead atoms. The Labute approximate surface area is 271 Å². The monoisotopic (exact) mass is 643 g/mol. The molecular formula is C32H37N9O4S. The molecule has 0 saturated carbocycles. The summed E-state index contributed by atoms with van der Waals surface area (Å²) in [5.41, 5.74) is 0.492. The van der Waals surface area contributed by atoms with E-state index >= 15 is 0 Å². The lowest BCUT2D eigenvalue weighted by Gasteiger charge is -2.29. The Morgan fingerprint density at radius 3 is 2.52 bits per heavy atom. The summed E-state index contributed by atoms with van der Waals surface area (Å²) in [7, 11) is 0. The maximum absolute atomic E-state index is 14.0. The minimum absolute atomic E-state index is 0.0257. The van der Waals surface area contributed by atoms with E-state index in [9.17, 15) is 9.59 Å². The number of benzene rings is 1. The van der Waals surface area contributed by atoms with Gasteiger partial charge in [0.05, 0.1) is 6.04 Å². The minimum atomic E-state index is -1.16. The number of nitrogens with zero attached hydrogens (tertiary/aromatic N) is 8. The number of hydrogen-bond donors (Lipinski definition) is 1. The van der Waals surface area contributed by atoms with Gasteiger partial charge in [-0.3, -0.25) is 4.79 Å². The molecule has 14 heteroatoms. The molecule has 5 rings (SSSR count). The molecule has 3 aromatic heterocycles. The van der Waals surface area contributed by atoms with E-state index in [0.717, 1.165) is 34.2 Å². The van der Waals surface area contributed by atoms with Crippen LogP contribution in [-0.2, 0) is 16.7 Å². The third kappa shape index (κ3) is 7.28. The summed E-state index contributed by atoms with van der Waals surface area (Å²) < 4.78 is 11.7. The zero-order chi connectivity index (χ0) is 33.1. The van der Waals surface area contributed by atoms with Gasteiger partial charge in [0.25, 0.3) is 11.8 Å². The summed E-state index contributed by atoms with van der Waals surface area (Å²) in [6.07, 6.45) is 1.36. The highest BCUT2D eigenvalue weighted by molar-refractivity contribution is 7.09. The Morgan fingerprint density at radius 2 is 1.87 bits per heavy atom. The van der Waals surface area contributed by atoms with Crippen molar-refractivity contribution in [3.63, 3.8) is 0 Å². The van der Waals surface area contributed by atoms with Crippen molar-refractivity contribution in [1.82, 2.24) is 30.4 Å². The number of aromatic nitrogens is 4. The number of amides is 2. The van der Waals surface area contributed by atoms with Gasteiger partial charge in [0.2, 0.25) is 5.89 Å². The molecule has 1 N–H and O–H groups in total. The fourth-order valence-corrected chi connectivity index (χ4v) is 6.20. The van der Waals surface area contributed by atoms with Gasteiger partial charge in [0, 0.05) is 43.0 Å². The molecule has 240 valence electrons. The van der Waals surface area contributed by atoms with E-state index in [-0.39, 0.29) is 35.2 Å². The number of hydrogen-bond acceptors (Lipinski definition) is 12. The van der Waals surface area contributed by atoms with Crippen LogP contribution in [0.1, 0.15) is 79.1 Å². The van der Waals surface area contributed by atoms with Crippen LogP contribution in [-0.4, -0.2) is 62.6 Å². The second kappa shape index (κ2) is 13.2. The van der Waals surface area contributed by atoms with Crippen LogP contribution in [0.2, 0.25) is 0 Å². The maximum Gasteiger partial charge on any atom is 0.408 e. The van der Waals surface area contributed by atoms with Gasteiger partial charge in [-0.1, -0.05) is 30.3 Å². The molecule has 0 spiro atoms. The van der Waals surface area contributed by atoms with Crippen molar-refractivity contribution < 1.29 is 18.7 Å². The van der Waals surface area contributed by atoms with E-state index < -0.39 is 17.2 Å². The SMILES string of the molecule is C=NN(N=C)c1cc(C(=O)N2CCC[C@@H]2c2nc(C)cs2)cc(-c2nnc([C@@](C)(Cc3ccccc3)NC(=O)OC(C)(C)C)o2)n1. The summed E-state index contributed by atoms with van der Waals surface area (Å²) in [6, 6.07) is 12.6. The molecule has 0 unspecified atom stereocenters. The zero-order valence-corrected chi connectivity index (χ0v) is 27.4. The fourth-order valence-electron chi connectivity index (χ4n) is 5.25. The average molecular weight is 644 g/mol. The third-order valence-corrected chi connectivity index (χ3v) is 8.32. The van der Waals surface area contributed by atoms with Crippen molar-refractivity contribution in [1.29, 1.82) is 0 Å². The van der Waals surface area contributed by atoms with Crippen LogP contribution in [0.5, 0.6) is 0 Å². The molecule has 2 atom stereocenters. The number of nitrogens with one attached hydrogen (secondary N) is 1. The highest BCUT2D eigenvalue weighted by Crippen LogP contribution is 2.36. The van der Waals surface area contributed by atoms with Crippen LogP contribution in [0.15, 0.2) is 62.5 Å². The van der Waals surface area contributed by atoms with Gasteiger partial charge in [-0.05, 0) is 65.2 Å². The molecular weight excluding hydrogens is 606 g/mol. The summed E-state index contributed by atoms with van der Waals surface area (Å²) in [6.45, 7) is 16.7. The third-order valence-electron chi connectivity index (χ3n) is 7.26. The molecule has 0 aliphatic carbocycles. The lowest BCUT2D eigenvalue weighted by molar-refractivity contribution is 0.0443. The number of rotatable bonds is 10.